The van der Waals surface area contributed by atoms with Crippen LogP contribution in [0, 0.1) is 71.0 Å². The van der Waals surface area contributed by atoms with Crippen LogP contribution in [0.4, 0.5) is 26.3 Å². The van der Waals surface area contributed by atoms with Gasteiger partial charge in [0, 0.05) is 36.8 Å². The monoisotopic (exact) mass is 648 g/mol. The van der Waals surface area contributed by atoms with Gasteiger partial charge in [-0.25, -0.2) is 0 Å². The molecule has 8 unspecified atom stereocenters. The molecular weight excluding hydrogens is 622 g/mol. The Balaban J connectivity index is 1.25. The van der Waals surface area contributed by atoms with Crippen molar-refractivity contribution in [3.8, 4) is 0 Å². The maximum atomic E-state index is 15.6. The highest BCUT2D eigenvalue weighted by Crippen LogP contribution is 2.86. The van der Waals surface area contributed by atoms with Crippen LogP contribution >= 0.6 is 0 Å². The number of fused-ring (bicyclic) bond motifs is 22. The van der Waals surface area contributed by atoms with Crippen molar-refractivity contribution in [3.05, 3.63) is 0 Å². The van der Waals surface area contributed by atoms with Gasteiger partial charge in [-0.1, -0.05) is 0 Å². The predicted molar refractivity (Wildman–Crippen MR) is 128 cm³/mol. The summed E-state index contributed by atoms with van der Waals surface area (Å²) >= 11 is 0. The molecule has 2 N–H and O–H groups in total. The van der Waals surface area contributed by atoms with Crippen LogP contribution in [0.25, 0.3) is 0 Å². The van der Waals surface area contributed by atoms with E-state index in [1.54, 1.807) is 0 Å². The zero-order valence-electron chi connectivity index (χ0n) is 23.1. The normalized spacial score (nSPS) is 48.5. The van der Waals surface area contributed by atoms with E-state index in [1.165, 1.54) is 0 Å². The highest BCUT2D eigenvalue weighted by atomic mass is 19.4. The average Bonchev–Trinajstić information content (AvgIpc) is 3.76. The van der Waals surface area contributed by atoms with Gasteiger partial charge in [0.05, 0.1) is 36.5 Å². The van der Waals surface area contributed by atoms with E-state index in [4.69, 9.17) is 14.9 Å². The maximum absolute atomic E-state index is 15.6. The number of carboxylic acid groups (broad SMARTS) is 2. The molecule has 4 saturated heterocycles. The predicted octanol–water partition coefficient (Wildman–Crippen LogP) is 1.55. The number of imide groups is 2. The third-order valence-corrected chi connectivity index (χ3v) is 12.8. The third kappa shape index (κ3) is 3.00. The van der Waals surface area contributed by atoms with E-state index in [9.17, 15) is 28.8 Å². The van der Waals surface area contributed by atoms with Crippen molar-refractivity contribution in [2.75, 3.05) is 13.1 Å². The van der Waals surface area contributed by atoms with Gasteiger partial charge in [0.1, 0.15) is 0 Å². The second-order valence-corrected chi connectivity index (χ2v) is 14.0. The minimum Gasteiger partial charge on any atom is -0.481 e. The van der Waals surface area contributed by atoms with Gasteiger partial charge in [0.2, 0.25) is 23.6 Å². The second-order valence-electron chi connectivity index (χ2n) is 14.0. The molecule has 0 aromatic carbocycles. The number of aliphatic carboxylic acids is 2. The molecule has 8 aliphatic rings. The summed E-state index contributed by atoms with van der Waals surface area (Å²) in [6, 6.07) is 0. The van der Waals surface area contributed by atoms with Crippen molar-refractivity contribution in [2.45, 2.75) is 49.2 Å². The molecule has 244 valence electrons. The molecule has 11 nitrogen and oxygen atoms in total. The van der Waals surface area contributed by atoms with Crippen LogP contribution in [0.1, 0.15) is 25.7 Å². The summed E-state index contributed by atoms with van der Waals surface area (Å²) in [5, 5.41) is 18.1. The number of ether oxygens (including phenoxy) is 1. The zero-order valence-corrected chi connectivity index (χ0v) is 23.1. The lowest BCUT2D eigenvalue weighted by atomic mass is 9.46. The largest absolute Gasteiger partial charge is 0.481 e. The van der Waals surface area contributed by atoms with Crippen LogP contribution in [0.2, 0.25) is 0 Å². The highest BCUT2D eigenvalue weighted by molar-refractivity contribution is 6.07. The minimum absolute atomic E-state index is 0.240. The molecule has 4 aliphatic heterocycles. The van der Waals surface area contributed by atoms with E-state index in [2.05, 4.69) is 0 Å². The fourth-order valence-corrected chi connectivity index (χ4v) is 12.2. The quantitative estimate of drug-likeness (QED) is 0.322. The van der Waals surface area contributed by atoms with Crippen molar-refractivity contribution in [1.82, 2.24) is 9.80 Å². The third-order valence-electron chi connectivity index (χ3n) is 12.8. The number of hydrogen-bond donors (Lipinski definition) is 2. The Morgan fingerprint density at radius 1 is 0.622 bits per heavy atom. The molecule has 8 fully saturated rings. The summed E-state index contributed by atoms with van der Waals surface area (Å²) in [4.78, 5) is 77.1. The summed E-state index contributed by atoms with van der Waals surface area (Å²) in [6.07, 6.45) is -12.5. The first kappa shape index (κ1) is 29.2. The van der Waals surface area contributed by atoms with Crippen molar-refractivity contribution >= 4 is 35.6 Å². The zero-order chi connectivity index (χ0) is 32.5. The number of carbonyl (C=O) groups excluding carboxylic acids is 4. The van der Waals surface area contributed by atoms with Gasteiger partial charge in [-0.15, -0.1) is 0 Å². The molecule has 6 bridgehead atoms. The van der Waals surface area contributed by atoms with Gasteiger partial charge >= 0.3 is 24.3 Å². The highest BCUT2D eigenvalue weighted by Gasteiger charge is 2.97. The Kier molecular flexibility index (Phi) is 5.43. The van der Waals surface area contributed by atoms with Crippen LogP contribution in [-0.4, -0.2) is 92.2 Å². The molecular formula is C28H26F6N2O9. The van der Waals surface area contributed by atoms with E-state index < -0.39 is 156 Å². The lowest BCUT2D eigenvalue weighted by Crippen LogP contribution is -2.66. The Hall–Kier alpha value is -3.24. The van der Waals surface area contributed by atoms with Gasteiger partial charge in [0.15, 0.2) is 11.2 Å². The smallest absolute Gasteiger partial charge is 0.418 e. The fraction of sp³-hybridized carbons (Fsp3) is 0.786. The van der Waals surface area contributed by atoms with Crippen molar-refractivity contribution in [1.29, 1.82) is 0 Å². The first-order chi connectivity index (χ1) is 20.9. The molecule has 14 atom stereocenters. The standard InChI is InChI=1S/C28H26F6N2O9/c29-27(30,31)25-17-7-5-8(14-13(7)21(41)35(22(14)42)3-1-11(37)38)18(17)26(45-25,28(32,33)34)20-10-6-9(19(20)25)15-16(10)24(44)36(23(15)43)4-2-12(39)40/h7-10,13-20H,1-6H2,(H,37,38)(H,39,40)/t7-,8-,9+,10+,13-,14?,15+,16?,17?,18?,19?,20?,25?,26?. The molecule has 0 spiro atoms. The van der Waals surface area contributed by atoms with E-state index >= 15 is 26.3 Å². The van der Waals surface area contributed by atoms with Crippen LogP contribution in [-0.2, 0) is 33.5 Å². The molecule has 0 radical (unpaired) electrons. The van der Waals surface area contributed by atoms with Gasteiger partial charge < -0.3 is 14.9 Å². The van der Waals surface area contributed by atoms with Crippen LogP contribution in [0.5, 0.6) is 0 Å². The molecule has 0 aromatic heterocycles. The average molecular weight is 649 g/mol. The summed E-state index contributed by atoms with van der Waals surface area (Å²) in [6.45, 7) is -1.11. The van der Waals surface area contributed by atoms with E-state index in [0.717, 1.165) is 0 Å². The molecule has 17 heteroatoms. The number of halogens is 6. The summed E-state index contributed by atoms with van der Waals surface area (Å²) in [7, 11) is 0. The fourth-order valence-electron chi connectivity index (χ4n) is 12.2. The number of hydrogen-bond acceptors (Lipinski definition) is 7. The number of alkyl halides is 6. The first-order valence-electron chi connectivity index (χ1n) is 14.9. The van der Waals surface area contributed by atoms with E-state index in [1.807, 2.05) is 0 Å². The minimum atomic E-state index is -5.38. The van der Waals surface area contributed by atoms with Gasteiger partial charge in [0.25, 0.3) is 0 Å². The lowest BCUT2D eigenvalue weighted by Gasteiger charge is -2.53. The summed E-state index contributed by atoms with van der Waals surface area (Å²) < 4.78 is 99.0. The van der Waals surface area contributed by atoms with Gasteiger partial charge in [-0.3, -0.25) is 38.6 Å². The number of amides is 4. The number of rotatable bonds is 6. The van der Waals surface area contributed by atoms with Gasteiger partial charge in [-0.2, -0.15) is 26.3 Å². The maximum Gasteiger partial charge on any atom is 0.418 e. The van der Waals surface area contributed by atoms with Crippen molar-refractivity contribution in [3.63, 3.8) is 0 Å². The Morgan fingerprint density at radius 3 is 1.11 bits per heavy atom. The number of likely N-dealkylation sites (tertiary alicyclic amines) is 2. The van der Waals surface area contributed by atoms with E-state index in [0.29, 0.717) is 9.80 Å². The second kappa shape index (κ2) is 8.37. The molecule has 4 amide bonds. The lowest BCUT2D eigenvalue weighted by molar-refractivity contribution is -0.329. The topological polar surface area (TPSA) is 159 Å². The van der Waals surface area contributed by atoms with Crippen LogP contribution in [0.15, 0.2) is 0 Å². The first-order valence-corrected chi connectivity index (χ1v) is 14.9. The Bertz CT molecular complexity index is 1320. The van der Waals surface area contributed by atoms with E-state index in [-0.39, 0.29) is 12.8 Å². The van der Waals surface area contributed by atoms with Crippen LogP contribution < -0.4 is 0 Å². The molecule has 4 heterocycles. The summed E-state index contributed by atoms with van der Waals surface area (Å²) in [5.74, 6) is -24.3. The van der Waals surface area contributed by atoms with Crippen molar-refractivity contribution in [2.24, 2.45) is 71.0 Å². The molecule has 4 saturated carbocycles. The Morgan fingerprint density at radius 2 is 0.889 bits per heavy atom. The van der Waals surface area contributed by atoms with Crippen LogP contribution in [0.3, 0.4) is 0 Å². The molecule has 45 heavy (non-hydrogen) atoms. The molecule has 4 aliphatic carbocycles. The van der Waals surface area contributed by atoms with Gasteiger partial charge in [-0.05, 0) is 36.5 Å². The SMILES string of the molecule is O=C(O)CCN1C(=O)C2[C@@H]3C[C@H](C4C3C3(C(F)(F)F)OC4(C(F)(F)F)C4C3[C@@H]3C[C@@H]4[C@H]4C(=O)N(CCC(=O)O)C(=O)C34)[C@@H]2C1=O. The number of carboxylic acids is 2. The van der Waals surface area contributed by atoms with Crippen molar-refractivity contribution < 1.29 is 70.1 Å². The molecule has 0 aromatic rings. The Labute approximate surface area is 249 Å². The summed E-state index contributed by atoms with van der Waals surface area (Å²) in [5.41, 5.74) is -6.80. The number of nitrogens with zero attached hydrogens (tertiary/aromatic N) is 2. The number of carbonyl (C=O) groups is 6. The molecule has 8 rings (SSSR count).